The molecule has 1 heterocycles. The van der Waals surface area contributed by atoms with Gasteiger partial charge in [0.25, 0.3) is 0 Å². The molecule has 2 rings (SSSR count). The van der Waals surface area contributed by atoms with Crippen LogP contribution in [0.1, 0.15) is 25.8 Å². The molecule has 21 heavy (non-hydrogen) atoms. The van der Waals surface area contributed by atoms with Gasteiger partial charge in [-0.1, -0.05) is 26.0 Å². The number of halogens is 2. The molecule has 0 spiro atoms. The lowest BCUT2D eigenvalue weighted by Crippen LogP contribution is -2.46. The van der Waals surface area contributed by atoms with Gasteiger partial charge in [0.1, 0.15) is 5.82 Å². The highest BCUT2D eigenvalue weighted by atomic mass is 79.9. The second-order valence-electron chi connectivity index (χ2n) is 5.39. The topological polar surface area (TPSA) is 12.0 Å². The number of benzene rings is 1. The highest BCUT2D eigenvalue weighted by molar-refractivity contribution is 9.10. The first-order valence-electron chi connectivity index (χ1n) is 7.53. The third-order valence-electron chi connectivity index (χ3n) is 3.76. The molecule has 1 saturated heterocycles. The quantitative estimate of drug-likeness (QED) is 0.751. The molecule has 1 aliphatic rings. The summed E-state index contributed by atoms with van der Waals surface area (Å²) in [6.07, 6.45) is 2.00. The van der Waals surface area contributed by atoms with Crippen molar-refractivity contribution in [3.05, 3.63) is 34.1 Å². The molecule has 3 unspecified atom stereocenters. The normalized spacial score (nSPS) is 24.0. The summed E-state index contributed by atoms with van der Waals surface area (Å²) < 4.78 is 14.3. The molecular formula is C16H23BrFNS2. The zero-order valence-corrected chi connectivity index (χ0v) is 15.8. The van der Waals surface area contributed by atoms with Crippen molar-refractivity contribution >= 4 is 39.5 Å². The van der Waals surface area contributed by atoms with Crippen LogP contribution in [0, 0.1) is 5.82 Å². The average Bonchev–Trinajstić information content (AvgIpc) is 2.48. The molecule has 3 atom stereocenters. The van der Waals surface area contributed by atoms with Crippen molar-refractivity contribution in [1.29, 1.82) is 0 Å². The Hall–Kier alpha value is 0.290. The summed E-state index contributed by atoms with van der Waals surface area (Å²) >= 11 is 7.53. The molecule has 0 amide bonds. The van der Waals surface area contributed by atoms with E-state index >= 15 is 0 Å². The van der Waals surface area contributed by atoms with Crippen LogP contribution in [0.2, 0.25) is 0 Å². The summed E-state index contributed by atoms with van der Waals surface area (Å²) in [4.78, 5) is 0. The van der Waals surface area contributed by atoms with Crippen LogP contribution in [0.5, 0.6) is 0 Å². The van der Waals surface area contributed by atoms with E-state index in [4.69, 9.17) is 0 Å². The van der Waals surface area contributed by atoms with Gasteiger partial charge in [0, 0.05) is 28.0 Å². The average molecular weight is 392 g/mol. The number of hydrogen-bond acceptors (Lipinski definition) is 3. The molecule has 0 aromatic heterocycles. The molecule has 1 aliphatic heterocycles. The summed E-state index contributed by atoms with van der Waals surface area (Å²) in [7, 11) is 0. The molecule has 1 aromatic rings. The van der Waals surface area contributed by atoms with E-state index in [-0.39, 0.29) is 5.82 Å². The fourth-order valence-electron chi connectivity index (χ4n) is 2.67. The zero-order valence-electron chi connectivity index (χ0n) is 12.6. The highest BCUT2D eigenvalue weighted by Crippen LogP contribution is 2.34. The standard InChI is InChI=1S/C16H23BrFNS2/c1-3-7-19-14(16-11(2)20-8-9-21-16)10-12-5-4-6-13(18)15(12)17/h4-6,11,14,16,19H,3,7-10H2,1-2H3. The predicted molar refractivity (Wildman–Crippen MR) is 98.1 cm³/mol. The van der Waals surface area contributed by atoms with Crippen molar-refractivity contribution in [2.75, 3.05) is 18.1 Å². The molecule has 1 fully saturated rings. The Bertz CT molecular complexity index is 458. The molecule has 118 valence electrons. The molecule has 0 aliphatic carbocycles. The van der Waals surface area contributed by atoms with E-state index in [0.29, 0.717) is 21.0 Å². The number of hydrogen-bond donors (Lipinski definition) is 1. The van der Waals surface area contributed by atoms with Gasteiger partial charge in [-0.15, -0.1) is 0 Å². The van der Waals surface area contributed by atoms with Crippen molar-refractivity contribution in [3.8, 4) is 0 Å². The molecule has 5 heteroatoms. The van der Waals surface area contributed by atoms with E-state index in [1.807, 2.05) is 6.07 Å². The van der Waals surface area contributed by atoms with Crippen LogP contribution in [0.4, 0.5) is 4.39 Å². The van der Waals surface area contributed by atoms with Crippen LogP contribution in [-0.2, 0) is 6.42 Å². The summed E-state index contributed by atoms with van der Waals surface area (Å²) in [6, 6.07) is 5.74. The highest BCUT2D eigenvalue weighted by Gasteiger charge is 2.30. The third-order valence-corrected chi connectivity index (χ3v) is 7.90. The Morgan fingerprint density at radius 3 is 2.86 bits per heavy atom. The van der Waals surface area contributed by atoms with E-state index in [1.54, 1.807) is 6.07 Å². The third kappa shape index (κ3) is 4.88. The molecule has 0 saturated carbocycles. The maximum absolute atomic E-state index is 13.7. The first kappa shape index (κ1) is 17.6. The fourth-order valence-corrected chi connectivity index (χ4v) is 6.06. The minimum absolute atomic E-state index is 0.166. The van der Waals surface area contributed by atoms with Crippen LogP contribution >= 0.6 is 39.5 Å². The lowest BCUT2D eigenvalue weighted by Gasteiger charge is -2.35. The SMILES string of the molecule is CCCNC(Cc1cccc(F)c1Br)C1SCCSC1C. The summed E-state index contributed by atoms with van der Waals surface area (Å²) in [5.74, 6) is 2.29. The van der Waals surface area contributed by atoms with E-state index in [9.17, 15) is 4.39 Å². The number of thioether (sulfide) groups is 2. The first-order valence-corrected chi connectivity index (χ1v) is 10.4. The number of rotatable bonds is 6. The van der Waals surface area contributed by atoms with Gasteiger partial charge in [-0.2, -0.15) is 23.5 Å². The van der Waals surface area contributed by atoms with Crippen molar-refractivity contribution in [2.45, 2.75) is 43.2 Å². The number of nitrogens with one attached hydrogen (secondary N) is 1. The molecule has 1 N–H and O–H groups in total. The van der Waals surface area contributed by atoms with Gasteiger partial charge < -0.3 is 5.32 Å². The van der Waals surface area contributed by atoms with Crippen molar-refractivity contribution in [1.82, 2.24) is 5.32 Å². The van der Waals surface area contributed by atoms with Gasteiger partial charge in [0.2, 0.25) is 0 Å². The van der Waals surface area contributed by atoms with E-state index in [1.165, 1.54) is 17.6 Å². The van der Waals surface area contributed by atoms with Gasteiger partial charge in [-0.3, -0.25) is 0 Å². The lowest BCUT2D eigenvalue weighted by molar-refractivity contribution is 0.484. The Kier molecular flexibility index (Phi) is 7.39. The first-order chi connectivity index (χ1) is 10.1. The minimum Gasteiger partial charge on any atom is -0.313 e. The molecular weight excluding hydrogens is 369 g/mol. The van der Waals surface area contributed by atoms with Gasteiger partial charge in [-0.25, -0.2) is 4.39 Å². The fraction of sp³-hybridized carbons (Fsp3) is 0.625. The van der Waals surface area contributed by atoms with Gasteiger partial charge in [0.05, 0.1) is 4.47 Å². The predicted octanol–water partition coefficient (Wildman–Crippen LogP) is 4.74. The maximum atomic E-state index is 13.7. The zero-order chi connectivity index (χ0) is 15.2. The Morgan fingerprint density at radius 1 is 1.38 bits per heavy atom. The largest absolute Gasteiger partial charge is 0.313 e. The van der Waals surface area contributed by atoms with E-state index in [2.05, 4.69) is 58.6 Å². The van der Waals surface area contributed by atoms with Crippen molar-refractivity contribution < 1.29 is 4.39 Å². The van der Waals surface area contributed by atoms with Crippen LogP contribution in [-0.4, -0.2) is 34.6 Å². The smallest absolute Gasteiger partial charge is 0.137 e. The van der Waals surface area contributed by atoms with E-state index in [0.717, 1.165) is 24.9 Å². The second kappa shape index (κ2) is 8.80. The van der Waals surface area contributed by atoms with Gasteiger partial charge in [-0.05, 0) is 46.9 Å². The summed E-state index contributed by atoms with van der Waals surface area (Å²) in [5, 5.41) is 4.92. The monoisotopic (exact) mass is 391 g/mol. The Morgan fingerprint density at radius 2 is 2.14 bits per heavy atom. The minimum atomic E-state index is -0.166. The molecule has 0 bridgehead atoms. The van der Waals surface area contributed by atoms with Gasteiger partial charge in [0.15, 0.2) is 0 Å². The van der Waals surface area contributed by atoms with Crippen LogP contribution in [0.25, 0.3) is 0 Å². The molecule has 0 radical (unpaired) electrons. The summed E-state index contributed by atoms with van der Waals surface area (Å²) in [6.45, 7) is 5.53. The van der Waals surface area contributed by atoms with Gasteiger partial charge >= 0.3 is 0 Å². The van der Waals surface area contributed by atoms with Crippen LogP contribution in [0.3, 0.4) is 0 Å². The van der Waals surface area contributed by atoms with Crippen LogP contribution in [0.15, 0.2) is 22.7 Å². The lowest BCUT2D eigenvalue weighted by atomic mass is 10.0. The Balaban J connectivity index is 2.13. The second-order valence-corrected chi connectivity index (χ2v) is 8.95. The molecule has 1 nitrogen and oxygen atoms in total. The summed E-state index contributed by atoms with van der Waals surface area (Å²) in [5.41, 5.74) is 1.06. The van der Waals surface area contributed by atoms with Crippen molar-refractivity contribution in [3.63, 3.8) is 0 Å². The van der Waals surface area contributed by atoms with E-state index < -0.39 is 0 Å². The Labute approximate surface area is 144 Å². The van der Waals surface area contributed by atoms with Crippen molar-refractivity contribution in [2.24, 2.45) is 0 Å². The maximum Gasteiger partial charge on any atom is 0.137 e. The van der Waals surface area contributed by atoms with Crippen LogP contribution < -0.4 is 5.32 Å². The molecule has 1 aromatic carbocycles.